The standard InChI is InChI=1S/C43H31BN2OS/c1-24-21-33-39-34(22-24)46-40-28(42-41(46)27-12-6-8-18-37(27)48-42)13-9-14-30(40)44(39)29-20-19-25(43(2,3)4)23-32(29)45(33)31-15-10-17-36-38(31)26-11-5-7-16-35(26)47-36/h5-23H,1-4H3. The van der Waals surface area contributed by atoms with Crippen LogP contribution in [0.3, 0.4) is 0 Å². The maximum atomic E-state index is 6.46. The molecule has 0 spiro atoms. The zero-order valence-corrected chi connectivity index (χ0v) is 28.1. The van der Waals surface area contributed by atoms with E-state index in [9.17, 15) is 0 Å². The first kappa shape index (κ1) is 26.8. The molecule has 2 aliphatic rings. The zero-order valence-electron chi connectivity index (χ0n) is 27.3. The number of thiophene rings is 1. The van der Waals surface area contributed by atoms with E-state index in [4.69, 9.17) is 4.42 Å². The topological polar surface area (TPSA) is 21.3 Å². The lowest BCUT2D eigenvalue weighted by Gasteiger charge is -2.41. The Bertz CT molecular complexity index is 2860. The lowest BCUT2D eigenvalue weighted by atomic mass is 9.33. The van der Waals surface area contributed by atoms with Crippen LogP contribution < -0.4 is 21.3 Å². The largest absolute Gasteiger partial charge is 0.456 e. The third kappa shape index (κ3) is 3.30. The van der Waals surface area contributed by atoms with Gasteiger partial charge in [0.2, 0.25) is 0 Å². The van der Waals surface area contributed by atoms with Crippen molar-refractivity contribution >= 4 is 105 Å². The second kappa shape index (κ2) is 9.00. The van der Waals surface area contributed by atoms with Crippen molar-refractivity contribution in [2.45, 2.75) is 33.1 Å². The van der Waals surface area contributed by atoms with Crippen molar-refractivity contribution in [1.82, 2.24) is 4.57 Å². The third-order valence-corrected chi connectivity index (χ3v) is 12.0. The second-order valence-electron chi connectivity index (χ2n) is 14.6. The molecular weight excluding hydrogens is 603 g/mol. The van der Waals surface area contributed by atoms with E-state index < -0.39 is 0 Å². The molecule has 3 aromatic heterocycles. The fourth-order valence-electron chi connectivity index (χ4n) is 8.70. The highest BCUT2D eigenvalue weighted by atomic mass is 32.1. The number of nitrogens with zero attached hydrogens (tertiary/aromatic N) is 2. The number of furan rings is 1. The molecule has 228 valence electrons. The van der Waals surface area contributed by atoms with Gasteiger partial charge in [-0.15, -0.1) is 11.3 Å². The molecule has 48 heavy (non-hydrogen) atoms. The Morgan fingerprint density at radius 1 is 0.625 bits per heavy atom. The number of hydrogen-bond acceptors (Lipinski definition) is 3. The molecule has 0 unspecified atom stereocenters. The van der Waals surface area contributed by atoms with Gasteiger partial charge in [-0.25, -0.2) is 0 Å². The van der Waals surface area contributed by atoms with E-state index in [1.165, 1.54) is 75.8 Å². The van der Waals surface area contributed by atoms with Crippen LogP contribution >= 0.6 is 11.3 Å². The number of anilines is 3. The highest BCUT2D eigenvalue weighted by Gasteiger charge is 2.43. The molecule has 0 saturated carbocycles. The first-order chi connectivity index (χ1) is 23.4. The minimum absolute atomic E-state index is 0.000213. The lowest BCUT2D eigenvalue weighted by molar-refractivity contribution is 0.590. The number of para-hydroxylation sites is 2. The van der Waals surface area contributed by atoms with Gasteiger partial charge in [-0.3, -0.25) is 0 Å². The fourth-order valence-corrected chi connectivity index (χ4v) is 9.91. The monoisotopic (exact) mass is 634 g/mol. The molecule has 0 saturated heterocycles. The van der Waals surface area contributed by atoms with Crippen molar-refractivity contribution in [1.29, 1.82) is 0 Å². The molecular formula is C43H31BN2OS. The third-order valence-electron chi connectivity index (χ3n) is 10.8. The van der Waals surface area contributed by atoms with Crippen LogP contribution in [0.2, 0.25) is 0 Å². The molecule has 3 nitrogen and oxygen atoms in total. The van der Waals surface area contributed by atoms with Gasteiger partial charge in [-0.05, 0) is 82.3 Å². The zero-order chi connectivity index (χ0) is 32.1. The summed E-state index contributed by atoms with van der Waals surface area (Å²) in [6.07, 6.45) is 0. The summed E-state index contributed by atoms with van der Waals surface area (Å²) in [7, 11) is 0. The van der Waals surface area contributed by atoms with E-state index in [1.54, 1.807) is 0 Å². The van der Waals surface area contributed by atoms with Crippen LogP contribution in [0.1, 0.15) is 31.9 Å². The van der Waals surface area contributed by atoms with E-state index in [2.05, 4.69) is 152 Å². The fraction of sp³-hybridized carbons (Fsp3) is 0.116. The first-order valence-electron chi connectivity index (χ1n) is 16.8. The van der Waals surface area contributed by atoms with E-state index in [1.807, 2.05) is 11.3 Å². The molecule has 9 aromatic rings. The second-order valence-corrected chi connectivity index (χ2v) is 15.7. The quantitative estimate of drug-likeness (QED) is 0.168. The molecule has 0 aliphatic carbocycles. The summed E-state index contributed by atoms with van der Waals surface area (Å²) in [6, 6.07) is 42.9. The van der Waals surface area contributed by atoms with Crippen LogP contribution in [0.15, 0.2) is 120 Å². The van der Waals surface area contributed by atoms with Gasteiger partial charge in [0.25, 0.3) is 6.71 Å². The number of fused-ring (bicyclic) bond motifs is 12. The Morgan fingerprint density at radius 3 is 2.25 bits per heavy atom. The Kier molecular flexibility index (Phi) is 5.02. The van der Waals surface area contributed by atoms with Gasteiger partial charge >= 0.3 is 0 Å². The number of aromatic nitrogens is 1. The molecule has 0 atom stereocenters. The normalized spacial score (nSPS) is 13.8. The van der Waals surface area contributed by atoms with Crippen LogP contribution in [0, 0.1) is 6.92 Å². The molecule has 5 heteroatoms. The van der Waals surface area contributed by atoms with E-state index >= 15 is 0 Å². The van der Waals surface area contributed by atoms with Gasteiger partial charge in [-0.2, -0.15) is 0 Å². The van der Waals surface area contributed by atoms with Crippen molar-refractivity contribution < 1.29 is 4.42 Å². The van der Waals surface area contributed by atoms with Gasteiger partial charge in [0.1, 0.15) is 11.2 Å². The molecule has 6 aromatic carbocycles. The van der Waals surface area contributed by atoms with Gasteiger partial charge in [0.05, 0.1) is 26.8 Å². The Balaban J connectivity index is 1.33. The molecule has 11 rings (SSSR count). The molecule has 0 radical (unpaired) electrons. The summed E-state index contributed by atoms with van der Waals surface area (Å²) < 4.78 is 11.8. The number of aryl methyl sites for hydroxylation is 1. The predicted molar refractivity (Wildman–Crippen MR) is 206 cm³/mol. The van der Waals surface area contributed by atoms with Crippen molar-refractivity contribution in [3.8, 4) is 5.69 Å². The van der Waals surface area contributed by atoms with E-state index in [-0.39, 0.29) is 12.1 Å². The average Bonchev–Trinajstić information content (AvgIpc) is 3.75. The lowest BCUT2D eigenvalue weighted by Crippen LogP contribution is -2.60. The molecule has 5 heterocycles. The highest BCUT2D eigenvalue weighted by Crippen LogP contribution is 2.48. The minimum atomic E-state index is -0.000213. The summed E-state index contributed by atoms with van der Waals surface area (Å²) in [4.78, 5) is 2.55. The van der Waals surface area contributed by atoms with E-state index in [0.29, 0.717) is 0 Å². The Labute approximate surface area is 282 Å². The summed E-state index contributed by atoms with van der Waals surface area (Å²) in [5.74, 6) is 0. The van der Waals surface area contributed by atoms with Crippen molar-refractivity contribution in [2.75, 3.05) is 4.90 Å². The average molecular weight is 635 g/mol. The number of benzene rings is 6. The summed E-state index contributed by atoms with van der Waals surface area (Å²) in [6.45, 7) is 9.31. The Morgan fingerprint density at radius 2 is 1.38 bits per heavy atom. The van der Waals surface area contributed by atoms with Gasteiger partial charge in [-0.1, -0.05) is 93.6 Å². The molecule has 0 bridgehead atoms. The van der Waals surface area contributed by atoms with Crippen LogP contribution in [0.25, 0.3) is 58.8 Å². The van der Waals surface area contributed by atoms with Crippen LogP contribution in [-0.4, -0.2) is 11.3 Å². The minimum Gasteiger partial charge on any atom is -0.456 e. The molecule has 0 amide bonds. The van der Waals surface area contributed by atoms with Gasteiger partial charge in [0.15, 0.2) is 0 Å². The van der Waals surface area contributed by atoms with Crippen LogP contribution in [-0.2, 0) is 5.41 Å². The summed E-state index contributed by atoms with van der Waals surface area (Å²) in [5, 5.41) is 4.97. The van der Waals surface area contributed by atoms with Crippen molar-refractivity contribution in [3.63, 3.8) is 0 Å². The molecule has 0 N–H and O–H groups in total. The maximum Gasteiger partial charge on any atom is 0.252 e. The first-order valence-corrected chi connectivity index (χ1v) is 17.6. The van der Waals surface area contributed by atoms with Crippen molar-refractivity contribution in [3.05, 3.63) is 126 Å². The summed E-state index contributed by atoms with van der Waals surface area (Å²) in [5.41, 5.74) is 16.1. The smallest absolute Gasteiger partial charge is 0.252 e. The highest BCUT2D eigenvalue weighted by molar-refractivity contribution is 7.26. The Hall–Kier alpha value is -5.26. The molecule has 2 aliphatic heterocycles. The number of hydrogen-bond donors (Lipinski definition) is 0. The molecule has 0 fully saturated rings. The number of rotatable bonds is 1. The van der Waals surface area contributed by atoms with Crippen LogP contribution in [0.4, 0.5) is 17.1 Å². The van der Waals surface area contributed by atoms with Crippen LogP contribution in [0.5, 0.6) is 0 Å². The predicted octanol–water partition coefficient (Wildman–Crippen LogP) is 10.1. The summed E-state index contributed by atoms with van der Waals surface area (Å²) >= 11 is 1.92. The van der Waals surface area contributed by atoms with Gasteiger partial charge in [0, 0.05) is 37.9 Å². The SMILES string of the molecule is Cc1cc2c3c(c1)-n1c4c(cccc4c4sc5ccccc5c41)B3c1ccc(C(C)(C)C)cc1N2c1cccc2oc3ccccc3c12. The van der Waals surface area contributed by atoms with E-state index in [0.717, 1.165) is 27.6 Å². The maximum absolute atomic E-state index is 6.46. The van der Waals surface area contributed by atoms with Crippen molar-refractivity contribution in [2.24, 2.45) is 0 Å². The van der Waals surface area contributed by atoms with Gasteiger partial charge < -0.3 is 13.9 Å².